The summed E-state index contributed by atoms with van der Waals surface area (Å²) in [6, 6.07) is 18.2. The number of amides is 1. The molecule has 0 unspecified atom stereocenters. The summed E-state index contributed by atoms with van der Waals surface area (Å²) in [5, 5.41) is 11.7. The van der Waals surface area contributed by atoms with Gasteiger partial charge in [-0.15, -0.1) is 0 Å². The standard InChI is InChI=1S/C16H15N3O/c17-11-10-12-6-8-14(9-7-12)19-15(16(18)20)13-4-2-1-3-5-13/h1-9,15,19H,10H2,(H2,18,20)/t15-/m0/s1. The molecule has 0 aliphatic carbocycles. The van der Waals surface area contributed by atoms with Gasteiger partial charge in [-0.2, -0.15) is 5.26 Å². The molecule has 0 saturated heterocycles. The third-order valence-electron chi connectivity index (χ3n) is 2.97. The van der Waals surface area contributed by atoms with Crippen molar-refractivity contribution in [2.24, 2.45) is 5.73 Å². The molecule has 4 nitrogen and oxygen atoms in total. The highest BCUT2D eigenvalue weighted by Crippen LogP contribution is 2.19. The van der Waals surface area contributed by atoms with Crippen molar-refractivity contribution in [2.75, 3.05) is 5.32 Å². The summed E-state index contributed by atoms with van der Waals surface area (Å²) in [6.45, 7) is 0. The van der Waals surface area contributed by atoms with E-state index in [1.165, 1.54) is 0 Å². The highest BCUT2D eigenvalue weighted by Gasteiger charge is 2.16. The molecule has 1 amide bonds. The van der Waals surface area contributed by atoms with Crippen molar-refractivity contribution in [2.45, 2.75) is 12.5 Å². The molecule has 1 atom stereocenters. The van der Waals surface area contributed by atoms with E-state index in [2.05, 4.69) is 11.4 Å². The Balaban J connectivity index is 2.17. The monoisotopic (exact) mass is 265 g/mol. The van der Waals surface area contributed by atoms with Gasteiger partial charge in [-0.3, -0.25) is 4.79 Å². The van der Waals surface area contributed by atoms with Gasteiger partial charge in [-0.05, 0) is 23.3 Å². The van der Waals surface area contributed by atoms with Crippen LogP contribution < -0.4 is 11.1 Å². The largest absolute Gasteiger partial charge is 0.370 e. The Labute approximate surface area is 117 Å². The zero-order chi connectivity index (χ0) is 14.4. The van der Waals surface area contributed by atoms with Crippen LogP contribution in [0.15, 0.2) is 54.6 Å². The van der Waals surface area contributed by atoms with E-state index in [4.69, 9.17) is 11.0 Å². The lowest BCUT2D eigenvalue weighted by atomic mass is 10.1. The minimum Gasteiger partial charge on any atom is -0.370 e. The maximum absolute atomic E-state index is 11.6. The molecule has 0 heterocycles. The van der Waals surface area contributed by atoms with Gasteiger partial charge in [-0.25, -0.2) is 0 Å². The van der Waals surface area contributed by atoms with Crippen LogP contribution in [0.3, 0.4) is 0 Å². The predicted octanol–water partition coefficient (Wildman–Crippen LogP) is 2.39. The van der Waals surface area contributed by atoms with Crippen LogP contribution in [0.5, 0.6) is 0 Å². The summed E-state index contributed by atoms with van der Waals surface area (Å²) in [5.74, 6) is -0.433. The summed E-state index contributed by atoms with van der Waals surface area (Å²) in [4.78, 5) is 11.6. The fourth-order valence-electron chi connectivity index (χ4n) is 1.94. The molecule has 4 heteroatoms. The van der Waals surface area contributed by atoms with Crippen molar-refractivity contribution in [3.05, 3.63) is 65.7 Å². The van der Waals surface area contributed by atoms with Crippen molar-refractivity contribution in [1.82, 2.24) is 0 Å². The number of primary amides is 1. The van der Waals surface area contributed by atoms with E-state index >= 15 is 0 Å². The zero-order valence-electron chi connectivity index (χ0n) is 10.9. The van der Waals surface area contributed by atoms with Crippen molar-refractivity contribution in [1.29, 1.82) is 5.26 Å². The summed E-state index contributed by atoms with van der Waals surface area (Å²) in [5.41, 5.74) is 8.00. The van der Waals surface area contributed by atoms with Gasteiger partial charge >= 0.3 is 0 Å². The predicted molar refractivity (Wildman–Crippen MR) is 77.8 cm³/mol. The van der Waals surface area contributed by atoms with Crippen LogP contribution in [-0.4, -0.2) is 5.91 Å². The molecule has 20 heavy (non-hydrogen) atoms. The number of hydrogen-bond acceptors (Lipinski definition) is 3. The maximum atomic E-state index is 11.6. The van der Waals surface area contributed by atoms with Crippen molar-refractivity contribution >= 4 is 11.6 Å². The average molecular weight is 265 g/mol. The third-order valence-corrected chi connectivity index (χ3v) is 2.97. The highest BCUT2D eigenvalue weighted by molar-refractivity contribution is 5.84. The molecule has 100 valence electrons. The molecule has 0 radical (unpaired) electrons. The minimum absolute atomic E-state index is 0.373. The molecule has 0 aliphatic heterocycles. The SMILES string of the molecule is N#CCc1ccc(N[C@H](C(N)=O)c2ccccc2)cc1. The van der Waals surface area contributed by atoms with Gasteiger partial charge in [0.1, 0.15) is 6.04 Å². The first kappa shape index (κ1) is 13.6. The Bertz CT molecular complexity index is 614. The lowest BCUT2D eigenvalue weighted by molar-refractivity contribution is -0.118. The highest BCUT2D eigenvalue weighted by atomic mass is 16.1. The van der Waals surface area contributed by atoms with Crippen LogP contribution in [0.2, 0.25) is 0 Å². The fourth-order valence-corrected chi connectivity index (χ4v) is 1.94. The Morgan fingerprint density at radius 2 is 1.80 bits per heavy atom. The number of anilines is 1. The van der Waals surface area contributed by atoms with E-state index in [0.717, 1.165) is 16.8 Å². The molecule has 0 bridgehead atoms. The number of carbonyl (C=O) groups excluding carboxylic acids is 1. The van der Waals surface area contributed by atoms with E-state index < -0.39 is 11.9 Å². The van der Waals surface area contributed by atoms with Gasteiger partial charge in [0.05, 0.1) is 12.5 Å². The van der Waals surface area contributed by atoms with Crippen LogP contribution in [0.25, 0.3) is 0 Å². The Hall–Kier alpha value is -2.80. The second kappa shape index (κ2) is 6.39. The number of nitriles is 1. The summed E-state index contributed by atoms with van der Waals surface area (Å²) in [7, 11) is 0. The number of carbonyl (C=O) groups is 1. The van der Waals surface area contributed by atoms with Gasteiger partial charge in [0, 0.05) is 5.69 Å². The number of nitrogens with two attached hydrogens (primary N) is 1. The van der Waals surface area contributed by atoms with Crippen LogP contribution in [0.4, 0.5) is 5.69 Å². The Kier molecular flexibility index (Phi) is 4.35. The second-order valence-electron chi connectivity index (χ2n) is 4.42. The first-order valence-electron chi connectivity index (χ1n) is 6.27. The molecule has 3 N–H and O–H groups in total. The molecule has 2 rings (SSSR count). The minimum atomic E-state index is -0.571. The van der Waals surface area contributed by atoms with Crippen LogP contribution in [-0.2, 0) is 11.2 Å². The second-order valence-corrected chi connectivity index (χ2v) is 4.42. The Morgan fingerprint density at radius 1 is 1.15 bits per heavy atom. The van der Waals surface area contributed by atoms with Crippen molar-refractivity contribution < 1.29 is 4.79 Å². The molecule has 2 aromatic rings. The first-order chi connectivity index (χ1) is 9.70. The van der Waals surface area contributed by atoms with E-state index in [9.17, 15) is 4.79 Å². The van der Waals surface area contributed by atoms with Gasteiger partial charge < -0.3 is 11.1 Å². The van der Waals surface area contributed by atoms with E-state index in [1.54, 1.807) is 0 Å². The number of rotatable bonds is 5. The van der Waals surface area contributed by atoms with Crippen LogP contribution in [0.1, 0.15) is 17.2 Å². The summed E-state index contributed by atoms with van der Waals surface area (Å²) in [6.07, 6.45) is 0.373. The topological polar surface area (TPSA) is 78.9 Å². The molecule has 0 aliphatic rings. The smallest absolute Gasteiger partial charge is 0.244 e. The van der Waals surface area contributed by atoms with Crippen LogP contribution >= 0.6 is 0 Å². The fraction of sp³-hybridized carbons (Fsp3) is 0.125. The first-order valence-corrected chi connectivity index (χ1v) is 6.27. The van der Waals surface area contributed by atoms with Crippen molar-refractivity contribution in [3.8, 4) is 6.07 Å². The summed E-state index contributed by atoms with van der Waals surface area (Å²) >= 11 is 0. The van der Waals surface area contributed by atoms with E-state index in [-0.39, 0.29) is 0 Å². The van der Waals surface area contributed by atoms with Gasteiger partial charge in [0.25, 0.3) is 0 Å². The quantitative estimate of drug-likeness (QED) is 0.871. The number of hydrogen-bond donors (Lipinski definition) is 2. The van der Waals surface area contributed by atoms with Crippen LogP contribution in [0, 0.1) is 11.3 Å². The van der Waals surface area contributed by atoms with Gasteiger partial charge in [0.2, 0.25) is 5.91 Å². The molecule has 2 aromatic carbocycles. The lowest BCUT2D eigenvalue weighted by Crippen LogP contribution is -2.27. The normalized spacial score (nSPS) is 11.3. The van der Waals surface area contributed by atoms with Gasteiger partial charge in [-0.1, -0.05) is 42.5 Å². The number of nitrogens with one attached hydrogen (secondary N) is 1. The molecular formula is C16H15N3O. The third kappa shape index (κ3) is 3.36. The van der Waals surface area contributed by atoms with Crippen molar-refractivity contribution in [3.63, 3.8) is 0 Å². The summed E-state index contributed by atoms with van der Waals surface area (Å²) < 4.78 is 0. The zero-order valence-corrected chi connectivity index (χ0v) is 10.9. The molecule has 0 fully saturated rings. The number of nitrogens with zero attached hydrogens (tertiary/aromatic N) is 1. The lowest BCUT2D eigenvalue weighted by Gasteiger charge is -2.17. The molecule has 0 saturated carbocycles. The Morgan fingerprint density at radius 3 is 2.35 bits per heavy atom. The van der Waals surface area contributed by atoms with Gasteiger partial charge in [0.15, 0.2) is 0 Å². The molecule has 0 spiro atoms. The molecule has 0 aromatic heterocycles. The number of benzene rings is 2. The average Bonchev–Trinajstić information content (AvgIpc) is 2.47. The van der Waals surface area contributed by atoms with E-state index in [1.807, 2.05) is 54.6 Å². The maximum Gasteiger partial charge on any atom is 0.244 e. The van der Waals surface area contributed by atoms with E-state index in [0.29, 0.717) is 6.42 Å². The molecular weight excluding hydrogens is 250 g/mol.